The van der Waals surface area contributed by atoms with Crippen LogP contribution < -0.4 is 11.1 Å². The normalized spacial score (nSPS) is 18.0. The lowest BCUT2D eigenvalue weighted by molar-refractivity contribution is -0.142. The second kappa shape index (κ2) is 5.85. The van der Waals surface area contributed by atoms with Crippen LogP contribution in [0.5, 0.6) is 0 Å². The minimum absolute atomic E-state index is 0.0563. The van der Waals surface area contributed by atoms with Crippen molar-refractivity contribution in [2.45, 2.75) is 44.1 Å². The highest BCUT2D eigenvalue weighted by Crippen LogP contribution is 2.30. The summed E-state index contributed by atoms with van der Waals surface area (Å²) < 4.78 is 0. The third-order valence-electron chi connectivity index (χ3n) is 3.65. The second-order valence-corrected chi connectivity index (χ2v) is 5.09. The first-order valence-electron chi connectivity index (χ1n) is 6.69. The number of nitrogens with one attached hydrogen (secondary N) is 1. The predicted octanol–water partition coefficient (Wildman–Crippen LogP) is 1.16. The number of carboxylic acids is 1. The summed E-state index contributed by atoms with van der Waals surface area (Å²) in [4.78, 5) is 22.5. The van der Waals surface area contributed by atoms with Crippen LogP contribution in [0.15, 0.2) is 12.1 Å². The molecule has 0 aromatic carbocycles. The molecule has 1 aliphatic rings. The average molecular weight is 278 g/mol. The molecule has 0 spiro atoms. The molecule has 0 unspecified atom stereocenters. The van der Waals surface area contributed by atoms with E-state index in [2.05, 4.69) is 15.5 Å². The van der Waals surface area contributed by atoms with Crippen molar-refractivity contribution in [2.24, 2.45) is 5.73 Å². The standard InChI is InChI=1S/C13H18N4O3/c14-11(18)9-5-6-10(17-16-9)15-13(12(19)20)7-3-1-2-4-8-13/h5-6H,1-4,7-8H2,(H2,14,18)(H,15,17)(H,19,20). The van der Waals surface area contributed by atoms with Gasteiger partial charge in [0.15, 0.2) is 5.69 Å². The summed E-state index contributed by atoms with van der Waals surface area (Å²) in [6.07, 6.45) is 4.94. The van der Waals surface area contributed by atoms with Crippen molar-refractivity contribution in [3.05, 3.63) is 17.8 Å². The first-order valence-corrected chi connectivity index (χ1v) is 6.69. The van der Waals surface area contributed by atoms with Crippen LogP contribution in [0.2, 0.25) is 0 Å². The van der Waals surface area contributed by atoms with E-state index in [-0.39, 0.29) is 5.69 Å². The Hall–Kier alpha value is -2.18. The summed E-state index contributed by atoms with van der Waals surface area (Å²) in [7, 11) is 0. The number of carboxylic acid groups (broad SMARTS) is 1. The van der Waals surface area contributed by atoms with E-state index < -0.39 is 17.4 Å². The Bertz CT molecular complexity index is 493. The smallest absolute Gasteiger partial charge is 0.329 e. The van der Waals surface area contributed by atoms with Gasteiger partial charge in [0.2, 0.25) is 0 Å². The number of carbonyl (C=O) groups excluding carboxylic acids is 1. The Kier molecular flexibility index (Phi) is 4.16. The van der Waals surface area contributed by atoms with Gasteiger partial charge in [-0.15, -0.1) is 10.2 Å². The van der Waals surface area contributed by atoms with Crippen LogP contribution in [0.25, 0.3) is 0 Å². The van der Waals surface area contributed by atoms with Crippen molar-refractivity contribution < 1.29 is 14.7 Å². The molecule has 1 amide bonds. The molecule has 1 aromatic heterocycles. The van der Waals surface area contributed by atoms with Gasteiger partial charge in [0.25, 0.3) is 5.91 Å². The Morgan fingerprint density at radius 1 is 1.15 bits per heavy atom. The van der Waals surface area contributed by atoms with Crippen molar-refractivity contribution in [3.8, 4) is 0 Å². The van der Waals surface area contributed by atoms with E-state index in [0.717, 1.165) is 25.7 Å². The van der Waals surface area contributed by atoms with Crippen molar-refractivity contribution in [1.29, 1.82) is 0 Å². The highest BCUT2D eigenvalue weighted by atomic mass is 16.4. The largest absolute Gasteiger partial charge is 0.480 e. The summed E-state index contributed by atoms with van der Waals surface area (Å²) in [6, 6.07) is 2.96. The zero-order chi connectivity index (χ0) is 14.6. The maximum absolute atomic E-state index is 11.6. The molecule has 1 saturated carbocycles. The molecule has 0 aliphatic heterocycles. The Morgan fingerprint density at radius 3 is 2.25 bits per heavy atom. The number of primary amides is 1. The lowest BCUT2D eigenvalue weighted by Crippen LogP contribution is -2.46. The summed E-state index contributed by atoms with van der Waals surface area (Å²) in [5.41, 5.74) is 4.14. The number of nitrogens with zero attached hydrogens (tertiary/aromatic N) is 2. The minimum Gasteiger partial charge on any atom is -0.480 e. The SMILES string of the molecule is NC(=O)c1ccc(NC2(C(=O)O)CCCCCC2)nn1. The number of nitrogens with two attached hydrogens (primary N) is 1. The van der Waals surface area contributed by atoms with Crippen LogP contribution in [0.4, 0.5) is 5.82 Å². The molecule has 0 radical (unpaired) electrons. The molecule has 7 nitrogen and oxygen atoms in total. The highest BCUT2D eigenvalue weighted by Gasteiger charge is 2.39. The van der Waals surface area contributed by atoms with E-state index >= 15 is 0 Å². The van der Waals surface area contributed by atoms with Crippen LogP contribution in [-0.4, -0.2) is 32.7 Å². The molecule has 1 aliphatic carbocycles. The molecule has 1 heterocycles. The van der Waals surface area contributed by atoms with E-state index in [4.69, 9.17) is 5.73 Å². The number of anilines is 1. The zero-order valence-electron chi connectivity index (χ0n) is 11.1. The van der Waals surface area contributed by atoms with E-state index in [0.29, 0.717) is 18.7 Å². The van der Waals surface area contributed by atoms with E-state index in [1.807, 2.05) is 0 Å². The number of rotatable bonds is 4. The molecule has 1 aromatic rings. The molecule has 0 saturated heterocycles. The average Bonchev–Trinajstić information content (AvgIpc) is 2.66. The lowest BCUT2D eigenvalue weighted by atomic mass is 9.90. The fraction of sp³-hybridized carbons (Fsp3) is 0.538. The van der Waals surface area contributed by atoms with E-state index in [1.54, 1.807) is 0 Å². The molecule has 0 atom stereocenters. The van der Waals surface area contributed by atoms with Crippen LogP contribution in [0.1, 0.15) is 49.0 Å². The van der Waals surface area contributed by atoms with Gasteiger partial charge in [-0.25, -0.2) is 4.79 Å². The lowest BCUT2D eigenvalue weighted by Gasteiger charge is -2.29. The molecule has 4 N–H and O–H groups in total. The first kappa shape index (κ1) is 14.2. The van der Waals surface area contributed by atoms with Crippen molar-refractivity contribution in [1.82, 2.24) is 10.2 Å². The Morgan fingerprint density at radius 2 is 1.80 bits per heavy atom. The van der Waals surface area contributed by atoms with Gasteiger partial charge in [-0.2, -0.15) is 0 Å². The maximum Gasteiger partial charge on any atom is 0.329 e. The number of aromatic nitrogens is 2. The van der Waals surface area contributed by atoms with Gasteiger partial charge in [-0.3, -0.25) is 4.79 Å². The molecular weight excluding hydrogens is 260 g/mol. The molecule has 108 valence electrons. The van der Waals surface area contributed by atoms with Crippen molar-refractivity contribution >= 4 is 17.7 Å². The fourth-order valence-corrected chi connectivity index (χ4v) is 2.50. The van der Waals surface area contributed by atoms with Crippen LogP contribution in [-0.2, 0) is 4.79 Å². The maximum atomic E-state index is 11.6. The van der Waals surface area contributed by atoms with E-state index in [9.17, 15) is 14.7 Å². The van der Waals surface area contributed by atoms with Crippen LogP contribution in [0, 0.1) is 0 Å². The number of carbonyl (C=O) groups is 2. The third kappa shape index (κ3) is 3.04. The number of aliphatic carboxylic acids is 1. The summed E-state index contributed by atoms with van der Waals surface area (Å²) in [6.45, 7) is 0. The minimum atomic E-state index is -1.00. The van der Waals surface area contributed by atoms with E-state index in [1.165, 1.54) is 12.1 Å². The van der Waals surface area contributed by atoms with Gasteiger partial charge in [0.05, 0.1) is 0 Å². The van der Waals surface area contributed by atoms with Crippen LogP contribution in [0.3, 0.4) is 0 Å². The van der Waals surface area contributed by atoms with Crippen molar-refractivity contribution in [2.75, 3.05) is 5.32 Å². The van der Waals surface area contributed by atoms with Gasteiger partial charge < -0.3 is 16.2 Å². The first-order chi connectivity index (χ1) is 9.53. The number of hydrogen-bond acceptors (Lipinski definition) is 5. The van der Waals surface area contributed by atoms with Gasteiger partial charge >= 0.3 is 5.97 Å². The topological polar surface area (TPSA) is 118 Å². The highest BCUT2D eigenvalue weighted by molar-refractivity contribution is 5.90. The number of amides is 1. The number of hydrogen-bond donors (Lipinski definition) is 3. The predicted molar refractivity (Wildman–Crippen MR) is 72.2 cm³/mol. The van der Waals surface area contributed by atoms with Gasteiger partial charge in [-0.05, 0) is 25.0 Å². The third-order valence-corrected chi connectivity index (χ3v) is 3.65. The van der Waals surface area contributed by atoms with Gasteiger partial charge in [0, 0.05) is 0 Å². The van der Waals surface area contributed by atoms with Crippen molar-refractivity contribution in [3.63, 3.8) is 0 Å². The molecular formula is C13H18N4O3. The fourth-order valence-electron chi connectivity index (χ4n) is 2.50. The van der Waals surface area contributed by atoms with Crippen LogP contribution >= 0.6 is 0 Å². The van der Waals surface area contributed by atoms with Gasteiger partial charge in [-0.1, -0.05) is 25.7 Å². The Balaban J connectivity index is 2.19. The molecule has 1 fully saturated rings. The summed E-state index contributed by atoms with van der Waals surface area (Å²) >= 11 is 0. The molecule has 0 bridgehead atoms. The monoisotopic (exact) mass is 278 g/mol. The quantitative estimate of drug-likeness (QED) is 0.711. The summed E-state index contributed by atoms with van der Waals surface area (Å²) in [5.74, 6) is -1.19. The summed E-state index contributed by atoms with van der Waals surface area (Å²) in [5, 5.41) is 20.0. The molecule has 7 heteroatoms. The molecule has 2 rings (SSSR count). The molecule has 20 heavy (non-hydrogen) atoms. The Labute approximate surface area is 116 Å². The second-order valence-electron chi connectivity index (χ2n) is 5.09. The zero-order valence-corrected chi connectivity index (χ0v) is 11.1. The van der Waals surface area contributed by atoms with Gasteiger partial charge in [0.1, 0.15) is 11.4 Å².